The summed E-state index contributed by atoms with van der Waals surface area (Å²) < 4.78 is 0. The van der Waals surface area contributed by atoms with Gasteiger partial charge >= 0.3 is 0 Å². The van der Waals surface area contributed by atoms with Crippen molar-refractivity contribution in [2.24, 2.45) is 0 Å². The Morgan fingerprint density at radius 1 is 1.53 bits per heavy atom. The maximum atomic E-state index is 10.7. The minimum Gasteiger partial charge on any atom is -0.390 e. The fraction of sp³-hybridized carbons (Fsp3) is 0.571. The second-order valence-corrected chi connectivity index (χ2v) is 5.36. The fourth-order valence-corrected chi connectivity index (χ4v) is 2.38. The summed E-state index contributed by atoms with van der Waals surface area (Å²) in [6.07, 6.45) is 3.63. The SMILES string of the molecule is CC(NCCC1(O)CCC1)c1cccc([N+](=O)[O-])c1. The van der Waals surface area contributed by atoms with Gasteiger partial charge in [-0.3, -0.25) is 10.1 Å². The molecule has 5 heteroatoms. The molecule has 0 aromatic heterocycles. The zero-order valence-corrected chi connectivity index (χ0v) is 11.1. The maximum absolute atomic E-state index is 10.7. The third kappa shape index (κ3) is 3.52. The Morgan fingerprint density at radius 3 is 2.84 bits per heavy atom. The van der Waals surface area contributed by atoms with Crippen LogP contribution in [0.5, 0.6) is 0 Å². The second-order valence-electron chi connectivity index (χ2n) is 5.36. The van der Waals surface area contributed by atoms with E-state index in [0.29, 0.717) is 0 Å². The van der Waals surface area contributed by atoms with E-state index in [-0.39, 0.29) is 16.7 Å². The number of benzene rings is 1. The summed E-state index contributed by atoms with van der Waals surface area (Å²) in [6, 6.07) is 6.71. The highest BCUT2D eigenvalue weighted by molar-refractivity contribution is 5.35. The van der Waals surface area contributed by atoms with E-state index >= 15 is 0 Å². The number of nitro groups is 1. The van der Waals surface area contributed by atoms with Gasteiger partial charge in [-0.05, 0) is 44.7 Å². The first-order valence-corrected chi connectivity index (χ1v) is 6.70. The largest absolute Gasteiger partial charge is 0.390 e. The first-order chi connectivity index (χ1) is 9.00. The highest BCUT2D eigenvalue weighted by atomic mass is 16.6. The number of nitrogens with one attached hydrogen (secondary N) is 1. The summed E-state index contributed by atoms with van der Waals surface area (Å²) in [5.74, 6) is 0. The summed E-state index contributed by atoms with van der Waals surface area (Å²) in [4.78, 5) is 10.3. The van der Waals surface area contributed by atoms with Crippen LogP contribution in [0, 0.1) is 10.1 Å². The fourth-order valence-electron chi connectivity index (χ4n) is 2.38. The predicted octanol–water partition coefficient (Wildman–Crippen LogP) is 2.55. The molecule has 5 nitrogen and oxygen atoms in total. The van der Waals surface area contributed by atoms with Crippen LogP contribution in [-0.4, -0.2) is 22.2 Å². The van der Waals surface area contributed by atoms with Crippen molar-refractivity contribution in [3.8, 4) is 0 Å². The maximum Gasteiger partial charge on any atom is 0.269 e. The molecule has 0 radical (unpaired) electrons. The van der Waals surface area contributed by atoms with Crippen LogP contribution in [0.2, 0.25) is 0 Å². The Hall–Kier alpha value is -1.46. The van der Waals surface area contributed by atoms with Gasteiger partial charge in [0.05, 0.1) is 10.5 Å². The highest BCUT2D eigenvalue weighted by Crippen LogP contribution is 2.34. The van der Waals surface area contributed by atoms with Crippen molar-refractivity contribution in [2.75, 3.05) is 6.54 Å². The van der Waals surface area contributed by atoms with Crippen molar-refractivity contribution < 1.29 is 10.0 Å². The normalized spacial score (nSPS) is 18.6. The van der Waals surface area contributed by atoms with Gasteiger partial charge in [-0.15, -0.1) is 0 Å². The van der Waals surface area contributed by atoms with Gasteiger partial charge in [-0.2, -0.15) is 0 Å². The van der Waals surface area contributed by atoms with Crippen LogP contribution >= 0.6 is 0 Å². The summed E-state index contributed by atoms with van der Waals surface area (Å²) in [6.45, 7) is 2.70. The molecule has 1 fully saturated rings. The van der Waals surface area contributed by atoms with Gasteiger partial charge in [-0.1, -0.05) is 12.1 Å². The molecule has 0 amide bonds. The highest BCUT2D eigenvalue weighted by Gasteiger charge is 2.33. The Morgan fingerprint density at radius 2 is 2.26 bits per heavy atom. The third-order valence-electron chi connectivity index (χ3n) is 3.91. The Bertz CT molecular complexity index is 458. The number of nitro benzene ring substituents is 1. The van der Waals surface area contributed by atoms with E-state index in [0.717, 1.165) is 37.8 Å². The summed E-state index contributed by atoms with van der Waals surface area (Å²) in [5.41, 5.74) is 0.536. The standard InChI is InChI=1S/C14H20N2O3/c1-11(15-9-8-14(17)6-3-7-14)12-4-2-5-13(10-12)16(18)19/h2,4-5,10-11,15,17H,3,6-9H2,1H3. The molecular weight excluding hydrogens is 244 g/mol. The average molecular weight is 264 g/mol. The number of aliphatic hydroxyl groups is 1. The van der Waals surface area contributed by atoms with Crippen molar-refractivity contribution in [2.45, 2.75) is 44.2 Å². The van der Waals surface area contributed by atoms with E-state index in [1.807, 2.05) is 13.0 Å². The smallest absolute Gasteiger partial charge is 0.269 e. The van der Waals surface area contributed by atoms with E-state index in [2.05, 4.69) is 5.32 Å². The van der Waals surface area contributed by atoms with E-state index < -0.39 is 5.60 Å². The van der Waals surface area contributed by atoms with Gasteiger partial charge in [0.2, 0.25) is 0 Å². The van der Waals surface area contributed by atoms with Gasteiger partial charge in [0.1, 0.15) is 0 Å². The molecular formula is C14H20N2O3. The van der Waals surface area contributed by atoms with Crippen molar-refractivity contribution in [1.82, 2.24) is 5.32 Å². The molecule has 104 valence electrons. The molecule has 0 saturated heterocycles. The van der Waals surface area contributed by atoms with E-state index in [9.17, 15) is 15.2 Å². The molecule has 1 saturated carbocycles. The topological polar surface area (TPSA) is 75.4 Å². The number of hydrogen-bond acceptors (Lipinski definition) is 4. The lowest BCUT2D eigenvalue weighted by molar-refractivity contribution is -0.384. The van der Waals surface area contributed by atoms with Crippen LogP contribution in [0.4, 0.5) is 5.69 Å². The number of non-ortho nitro benzene ring substituents is 1. The van der Waals surface area contributed by atoms with E-state index in [1.54, 1.807) is 12.1 Å². The van der Waals surface area contributed by atoms with Crippen molar-refractivity contribution in [3.05, 3.63) is 39.9 Å². The molecule has 1 aromatic carbocycles. The Labute approximate surface area is 112 Å². The van der Waals surface area contributed by atoms with Gasteiger partial charge in [0, 0.05) is 18.2 Å². The minimum absolute atomic E-state index is 0.0450. The van der Waals surface area contributed by atoms with Crippen LogP contribution in [-0.2, 0) is 0 Å². The molecule has 0 aliphatic heterocycles. The number of rotatable bonds is 6. The van der Waals surface area contributed by atoms with Crippen molar-refractivity contribution in [1.29, 1.82) is 0 Å². The monoisotopic (exact) mass is 264 g/mol. The van der Waals surface area contributed by atoms with Crippen LogP contribution in [0.15, 0.2) is 24.3 Å². The lowest BCUT2D eigenvalue weighted by atomic mass is 9.78. The molecule has 0 bridgehead atoms. The molecule has 1 aliphatic rings. The average Bonchev–Trinajstić information content (AvgIpc) is 2.36. The second kappa shape index (κ2) is 5.67. The zero-order chi connectivity index (χ0) is 13.9. The van der Waals surface area contributed by atoms with Crippen LogP contribution < -0.4 is 5.32 Å². The molecule has 19 heavy (non-hydrogen) atoms. The Kier molecular flexibility index (Phi) is 4.17. The lowest BCUT2D eigenvalue weighted by Crippen LogP contribution is -2.39. The summed E-state index contributed by atoms with van der Waals surface area (Å²) in [7, 11) is 0. The minimum atomic E-state index is -0.477. The molecule has 1 unspecified atom stereocenters. The first kappa shape index (κ1) is 14.0. The van der Waals surface area contributed by atoms with Crippen molar-refractivity contribution >= 4 is 5.69 Å². The van der Waals surface area contributed by atoms with Gasteiger partial charge < -0.3 is 10.4 Å². The predicted molar refractivity (Wildman–Crippen MR) is 72.9 cm³/mol. The van der Waals surface area contributed by atoms with Crippen LogP contribution in [0.25, 0.3) is 0 Å². The quantitative estimate of drug-likeness (QED) is 0.611. The summed E-state index contributed by atoms with van der Waals surface area (Å²) >= 11 is 0. The van der Waals surface area contributed by atoms with Crippen molar-refractivity contribution in [3.63, 3.8) is 0 Å². The van der Waals surface area contributed by atoms with Crippen LogP contribution in [0.1, 0.15) is 44.2 Å². The third-order valence-corrected chi connectivity index (χ3v) is 3.91. The lowest BCUT2D eigenvalue weighted by Gasteiger charge is -2.37. The molecule has 1 atom stereocenters. The molecule has 2 rings (SSSR count). The zero-order valence-electron chi connectivity index (χ0n) is 11.1. The van der Waals surface area contributed by atoms with E-state index in [4.69, 9.17) is 0 Å². The van der Waals surface area contributed by atoms with Gasteiger partial charge in [0.25, 0.3) is 5.69 Å². The number of nitrogens with zero attached hydrogens (tertiary/aromatic N) is 1. The van der Waals surface area contributed by atoms with E-state index in [1.165, 1.54) is 6.07 Å². The molecule has 1 aromatic rings. The molecule has 0 heterocycles. The molecule has 2 N–H and O–H groups in total. The first-order valence-electron chi connectivity index (χ1n) is 6.70. The van der Waals surface area contributed by atoms with Gasteiger partial charge in [0.15, 0.2) is 0 Å². The van der Waals surface area contributed by atoms with Crippen LogP contribution in [0.3, 0.4) is 0 Å². The Balaban J connectivity index is 1.86. The number of hydrogen-bond donors (Lipinski definition) is 2. The molecule has 0 spiro atoms. The van der Waals surface area contributed by atoms with Gasteiger partial charge in [-0.25, -0.2) is 0 Å². The molecule has 1 aliphatic carbocycles. The summed E-state index contributed by atoms with van der Waals surface area (Å²) in [5, 5.41) is 24.0.